The molecule has 10 heavy (non-hydrogen) atoms. The van der Waals surface area contributed by atoms with E-state index in [1.807, 2.05) is 13.8 Å². The average molecular weight is 146 g/mol. The summed E-state index contributed by atoms with van der Waals surface area (Å²) in [5.41, 5.74) is 0. The van der Waals surface area contributed by atoms with Crippen LogP contribution in [0, 0.1) is 11.8 Å². The summed E-state index contributed by atoms with van der Waals surface area (Å²) in [5, 5.41) is 17.3. The quantitative estimate of drug-likeness (QED) is 0.617. The molecule has 0 aromatic heterocycles. The molecule has 0 unspecified atom stereocenters. The molecule has 0 aromatic rings. The Morgan fingerprint density at radius 2 is 1.70 bits per heavy atom. The summed E-state index contributed by atoms with van der Waals surface area (Å²) in [7, 11) is 0. The molecule has 0 aliphatic heterocycles. The Balaban J connectivity index is 3.94. The lowest BCUT2D eigenvalue weighted by Gasteiger charge is -2.17. The monoisotopic (exact) mass is 146 g/mol. The van der Waals surface area contributed by atoms with E-state index in [0.717, 1.165) is 0 Å². The predicted molar refractivity (Wildman–Crippen MR) is 37.6 cm³/mol. The fourth-order valence-corrected chi connectivity index (χ4v) is 0.589. The van der Waals surface area contributed by atoms with Crippen LogP contribution in [-0.2, 0) is 4.79 Å². The number of aliphatic hydroxyl groups excluding tert-OH is 1. The van der Waals surface area contributed by atoms with Gasteiger partial charge >= 0.3 is 5.97 Å². The van der Waals surface area contributed by atoms with Crippen molar-refractivity contribution in [2.45, 2.75) is 26.9 Å². The molecule has 0 fully saturated rings. The van der Waals surface area contributed by atoms with E-state index in [1.54, 1.807) is 6.92 Å². The second-order valence-electron chi connectivity index (χ2n) is 2.89. The summed E-state index contributed by atoms with van der Waals surface area (Å²) in [4.78, 5) is 10.2. The zero-order chi connectivity index (χ0) is 8.31. The van der Waals surface area contributed by atoms with Crippen LogP contribution in [0.2, 0.25) is 0 Å². The molecular weight excluding hydrogens is 132 g/mol. The zero-order valence-electron chi connectivity index (χ0n) is 6.53. The molecule has 0 amide bonds. The Bertz CT molecular complexity index is 120. The van der Waals surface area contributed by atoms with Crippen molar-refractivity contribution in [3.63, 3.8) is 0 Å². The van der Waals surface area contributed by atoms with Gasteiger partial charge in [-0.3, -0.25) is 0 Å². The average Bonchev–Trinajstić information content (AvgIpc) is 1.84. The summed E-state index contributed by atoms with van der Waals surface area (Å²) in [6.45, 7) is 5.50. The molecule has 0 heterocycles. The minimum atomic E-state index is -1.22. The van der Waals surface area contributed by atoms with Gasteiger partial charge in [-0.1, -0.05) is 20.8 Å². The highest BCUT2D eigenvalue weighted by Crippen LogP contribution is 2.13. The Kier molecular flexibility index (Phi) is 3.36. The van der Waals surface area contributed by atoms with Gasteiger partial charge < -0.3 is 10.2 Å². The minimum Gasteiger partial charge on any atom is -0.479 e. The van der Waals surface area contributed by atoms with Crippen LogP contribution in [0.1, 0.15) is 20.8 Å². The molecule has 0 saturated heterocycles. The summed E-state index contributed by atoms with van der Waals surface area (Å²) in [6.07, 6.45) is -1.22. The van der Waals surface area contributed by atoms with Crippen LogP contribution in [0.25, 0.3) is 0 Å². The standard InChI is InChI=1S/C7H14O3/c1-4(2)5(3)6(8)7(9)10/h4-6,8H,1-3H3,(H,9,10)/t5-,6+/m1/s1. The zero-order valence-corrected chi connectivity index (χ0v) is 6.53. The van der Waals surface area contributed by atoms with Gasteiger partial charge in [0.05, 0.1) is 0 Å². The number of aliphatic hydroxyl groups is 1. The van der Waals surface area contributed by atoms with Crippen LogP contribution in [0.5, 0.6) is 0 Å². The summed E-state index contributed by atoms with van der Waals surface area (Å²) in [6, 6.07) is 0. The molecule has 3 heteroatoms. The van der Waals surface area contributed by atoms with Gasteiger partial charge in [-0.15, -0.1) is 0 Å². The lowest BCUT2D eigenvalue weighted by Crippen LogP contribution is -2.30. The van der Waals surface area contributed by atoms with Crippen molar-refractivity contribution in [3.05, 3.63) is 0 Å². The highest BCUT2D eigenvalue weighted by molar-refractivity contribution is 5.72. The van der Waals surface area contributed by atoms with E-state index in [-0.39, 0.29) is 11.8 Å². The van der Waals surface area contributed by atoms with Crippen molar-refractivity contribution >= 4 is 5.97 Å². The van der Waals surface area contributed by atoms with E-state index in [4.69, 9.17) is 10.2 Å². The van der Waals surface area contributed by atoms with Crippen molar-refractivity contribution in [2.75, 3.05) is 0 Å². The third-order valence-electron chi connectivity index (χ3n) is 1.80. The molecule has 0 aliphatic carbocycles. The van der Waals surface area contributed by atoms with Crippen LogP contribution in [-0.4, -0.2) is 22.3 Å². The fourth-order valence-electron chi connectivity index (χ4n) is 0.589. The highest BCUT2D eigenvalue weighted by atomic mass is 16.4. The summed E-state index contributed by atoms with van der Waals surface area (Å²) >= 11 is 0. The third kappa shape index (κ3) is 2.35. The lowest BCUT2D eigenvalue weighted by molar-refractivity contribution is -0.150. The molecule has 0 rings (SSSR count). The number of carboxylic acid groups (broad SMARTS) is 1. The number of aliphatic carboxylic acids is 1. The molecule has 0 radical (unpaired) electrons. The largest absolute Gasteiger partial charge is 0.479 e. The van der Waals surface area contributed by atoms with Gasteiger partial charge in [0.2, 0.25) is 0 Å². The first-order valence-corrected chi connectivity index (χ1v) is 3.37. The molecule has 0 spiro atoms. The predicted octanol–water partition coefficient (Wildman–Crippen LogP) is 0.724. The van der Waals surface area contributed by atoms with E-state index in [1.165, 1.54) is 0 Å². The van der Waals surface area contributed by atoms with Crippen LogP contribution in [0.15, 0.2) is 0 Å². The van der Waals surface area contributed by atoms with Gasteiger partial charge in [0, 0.05) is 0 Å². The SMILES string of the molecule is CC(C)[C@@H](C)[C@H](O)C(=O)O. The highest BCUT2D eigenvalue weighted by Gasteiger charge is 2.23. The van der Waals surface area contributed by atoms with Crippen molar-refractivity contribution in [1.29, 1.82) is 0 Å². The molecule has 3 nitrogen and oxygen atoms in total. The molecule has 0 aliphatic rings. The third-order valence-corrected chi connectivity index (χ3v) is 1.80. The Labute approximate surface area is 60.7 Å². The van der Waals surface area contributed by atoms with Crippen LogP contribution >= 0.6 is 0 Å². The number of carboxylic acids is 1. The maximum absolute atomic E-state index is 10.2. The molecular formula is C7H14O3. The van der Waals surface area contributed by atoms with E-state index >= 15 is 0 Å². The maximum atomic E-state index is 10.2. The van der Waals surface area contributed by atoms with Crippen molar-refractivity contribution in [3.8, 4) is 0 Å². The van der Waals surface area contributed by atoms with E-state index in [0.29, 0.717) is 0 Å². The first kappa shape index (κ1) is 9.43. The van der Waals surface area contributed by atoms with Crippen molar-refractivity contribution in [2.24, 2.45) is 11.8 Å². The number of hydrogen-bond acceptors (Lipinski definition) is 2. The normalized spacial score (nSPS) is 16.9. The van der Waals surface area contributed by atoms with Crippen molar-refractivity contribution in [1.82, 2.24) is 0 Å². The lowest BCUT2D eigenvalue weighted by atomic mass is 9.92. The molecule has 0 bridgehead atoms. The van der Waals surface area contributed by atoms with E-state index < -0.39 is 12.1 Å². The van der Waals surface area contributed by atoms with Crippen LogP contribution < -0.4 is 0 Å². The molecule has 2 atom stereocenters. The van der Waals surface area contributed by atoms with Crippen molar-refractivity contribution < 1.29 is 15.0 Å². The minimum absolute atomic E-state index is 0.183. The van der Waals surface area contributed by atoms with Gasteiger partial charge in [-0.05, 0) is 11.8 Å². The Morgan fingerprint density at radius 3 is 1.80 bits per heavy atom. The molecule has 0 saturated carbocycles. The summed E-state index contributed by atoms with van der Waals surface area (Å²) in [5.74, 6) is -1.12. The first-order chi connectivity index (χ1) is 4.46. The molecule has 0 aromatic carbocycles. The summed E-state index contributed by atoms with van der Waals surface area (Å²) < 4.78 is 0. The fraction of sp³-hybridized carbons (Fsp3) is 0.857. The smallest absolute Gasteiger partial charge is 0.332 e. The van der Waals surface area contributed by atoms with Gasteiger partial charge in [0.1, 0.15) is 0 Å². The van der Waals surface area contributed by atoms with Crippen LogP contribution in [0.4, 0.5) is 0 Å². The van der Waals surface area contributed by atoms with Gasteiger partial charge in [-0.25, -0.2) is 4.79 Å². The molecule has 2 N–H and O–H groups in total. The van der Waals surface area contributed by atoms with E-state index in [9.17, 15) is 4.79 Å². The maximum Gasteiger partial charge on any atom is 0.332 e. The van der Waals surface area contributed by atoms with Gasteiger partial charge in [0.15, 0.2) is 6.10 Å². The van der Waals surface area contributed by atoms with Gasteiger partial charge in [0.25, 0.3) is 0 Å². The van der Waals surface area contributed by atoms with E-state index in [2.05, 4.69) is 0 Å². The number of carbonyl (C=O) groups is 1. The Hall–Kier alpha value is -0.570. The second kappa shape index (κ2) is 3.56. The second-order valence-corrected chi connectivity index (χ2v) is 2.89. The molecule has 60 valence electrons. The number of hydrogen-bond donors (Lipinski definition) is 2. The number of rotatable bonds is 3. The van der Waals surface area contributed by atoms with Crippen LogP contribution in [0.3, 0.4) is 0 Å². The topological polar surface area (TPSA) is 57.5 Å². The Morgan fingerprint density at radius 1 is 1.30 bits per heavy atom. The first-order valence-electron chi connectivity index (χ1n) is 3.37. The van der Waals surface area contributed by atoms with Gasteiger partial charge in [-0.2, -0.15) is 0 Å².